The number of halogens is 1. The maximum Gasteiger partial charge on any atom is 0.410 e. The third kappa shape index (κ3) is 5.32. The summed E-state index contributed by atoms with van der Waals surface area (Å²) in [7, 11) is -3.62. The number of carbonyl (C=O) groups is 1. The zero-order valence-electron chi connectivity index (χ0n) is 11.6. The van der Waals surface area contributed by atoms with Gasteiger partial charge in [-0.1, -0.05) is 0 Å². The molecule has 0 saturated carbocycles. The summed E-state index contributed by atoms with van der Waals surface area (Å²) in [6.07, 6.45) is -0.311. The van der Waals surface area contributed by atoms with Crippen molar-refractivity contribution >= 4 is 16.2 Å². The first-order chi connectivity index (χ1) is 8.52. The number of rotatable bonds is 3. The van der Waals surface area contributed by atoms with Crippen LogP contribution in [-0.2, 0) is 19.0 Å². The van der Waals surface area contributed by atoms with E-state index >= 15 is 0 Å². The summed E-state index contributed by atoms with van der Waals surface area (Å²) in [5.41, 5.74) is -0.687. The van der Waals surface area contributed by atoms with Crippen LogP contribution in [0.25, 0.3) is 0 Å². The van der Waals surface area contributed by atoms with E-state index in [1.165, 1.54) is 4.90 Å². The minimum absolute atomic E-state index is 0.0105. The Balaban J connectivity index is 2.70. The first-order valence-corrected chi connectivity index (χ1v) is 7.77. The quantitative estimate of drug-likeness (QED) is 0.734. The minimum Gasteiger partial charge on any atom is -0.444 e. The lowest BCUT2D eigenvalue weighted by Crippen LogP contribution is -2.41. The van der Waals surface area contributed by atoms with E-state index < -0.39 is 40.6 Å². The van der Waals surface area contributed by atoms with E-state index in [0.29, 0.717) is 0 Å². The molecule has 6 nitrogen and oxygen atoms in total. The Bertz CT molecular complexity index is 431. The molecule has 1 fully saturated rings. The largest absolute Gasteiger partial charge is 0.444 e. The lowest BCUT2D eigenvalue weighted by atomic mass is 10.2. The highest BCUT2D eigenvalue weighted by atomic mass is 32.2. The second kappa shape index (κ2) is 5.62. The Morgan fingerprint density at radius 2 is 2.00 bits per heavy atom. The SMILES string of the molecule is CC(C)(C)OC(=O)N1C[C@H](OS(C)(=O)=O)C[C@@H]1CF. The topological polar surface area (TPSA) is 72.9 Å². The fourth-order valence-corrected chi connectivity index (χ4v) is 2.51. The number of alkyl halides is 1. The van der Waals surface area contributed by atoms with Crippen LogP contribution in [0, 0.1) is 0 Å². The van der Waals surface area contributed by atoms with Gasteiger partial charge in [0.15, 0.2) is 0 Å². The second-order valence-electron chi connectivity index (χ2n) is 5.60. The minimum atomic E-state index is -3.62. The smallest absolute Gasteiger partial charge is 0.410 e. The molecule has 112 valence electrons. The molecule has 0 aliphatic carbocycles. The van der Waals surface area contributed by atoms with Crippen molar-refractivity contribution in [1.29, 1.82) is 0 Å². The van der Waals surface area contributed by atoms with Crippen molar-refractivity contribution in [1.82, 2.24) is 4.90 Å². The number of nitrogens with zero attached hydrogens (tertiary/aromatic N) is 1. The van der Waals surface area contributed by atoms with Crippen LogP contribution in [0.4, 0.5) is 9.18 Å². The predicted molar refractivity (Wildman–Crippen MR) is 67.0 cm³/mol. The summed E-state index contributed by atoms with van der Waals surface area (Å²) < 4.78 is 44.9. The highest BCUT2D eigenvalue weighted by Crippen LogP contribution is 2.24. The Kier molecular flexibility index (Phi) is 4.78. The van der Waals surface area contributed by atoms with Crippen molar-refractivity contribution in [2.45, 2.75) is 44.9 Å². The molecule has 1 saturated heterocycles. The molecule has 0 spiro atoms. The van der Waals surface area contributed by atoms with Gasteiger partial charge in [-0.2, -0.15) is 8.42 Å². The van der Waals surface area contributed by atoms with Crippen molar-refractivity contribution < 1.29 is 26.5 Å². The summed E-state index contributed by atoms with van der Waals surface area (Å²) in [6, 6.07) is -0.707. The Labute approximate surface area is 113 Å². The molecule has 0 aromatic rings. The van der Waals surface area contributed by atoms with Crippen LogP contribution in [0.1, 0.15) is 27.2 Å². The van der Waals surface area contributed by atoms with Gasteiger partial charge in [0.25, 0.3) is 10.1 Å². The second-order valence-corrected chi connectivity index (χ2v) is 7.20. The molecular formula is C11H20FNO5S. The van der Waals surface area contributed by atoms with Gasteiger partial charge in [0.2, 0.25) is 0 Å². The van der Waals surface area contributed by atoms with Crippen LogP contribution in [0.15, 0.2) is 0 Å². The van der Waals surface area contributed by atoms with E-state index in [4.69, 9.17) is 8.92 Å². The van der Waals surface area contributed by atoms with Gasteiger partial charge in [-0.15, -0.1) is 0 Å². The van der Waals surface area contributed by atoms with Gasteiger partial charge in [-0.25, -0.2) is 9.18 Å². The monoisotopic (exact) mass is 297 g/mol. The molecule has 1 aliphatic heterocycles. The third-order valence-electron chi connectivity index (χ3n) is 2.49. The molecule has 1 heterocycles. The van der Waals surface area contributed by atoms with Crippen molar-refractivity contribution in [2.75, 3.05) is 19.5 Å². The third-order valence-corrected chi connectivity index (χ3v) is 3.11. The number of carbonyl (C=O) groups excluding carboxylic acids is 1. The first-order valence-electron chi connectivity index (χ1n) is 5.95. The number of hydrogen-bond donors (Lipinski definition) is 0. The molecule has 1 rings (SSSR count). The van der Waals surface area contributed by atoms with Gasteiger partial charge >= 0.3 is 6.09 Å². The zero-order chi connectivity index (χ0) is 14.8. The molecule has 0 aromatic carbocycles. The Hall–Kier alpha value is -0.890. The van der Waals surface area contributed by atoms with Gasteiger partial charge in [0, 0.05) is 0 Å². The van der Waals surface area contributed by atoms with Gasteiger partial charge in [-0.05, 0) is 27.2 Å². The molecular weight excluding hydrogens is 277 g/mol. The van der Waals surface area contributed by atoms with Gasteiger partial charge in [-0.3, -0.25) is 9.08 Å². The van der Waals surface area contributed by atoms with Crippen LogP contribution in [0.3, 0.4) is 0 Å². The number of likely N-dealkylation sites (tertiary alicyclic amines) is 1. The van der Waals surface area contributed by atoms with E-state index in [-0.39, 0.29) is 13.0 Å². The maximum absolute atomic E-state index is 12.9. The molecule has 0 bridgehead atoms. The molecule has 1 amide bonds. The predicted octanol–water partition coefficient (Wildman–Crippen LogP) is 1.31. The standard InChI is InChI=1S/C11H20FNO5S/c1-11(2,3)17-10(14)13-7-9(5-8(13)6-12)18-19(4,15)16/h8-9H,5-7H2,1-4H3/t8-,9-/m1/s1. The van der Waals surface area contributed by atoms with Gasteiger partial charge in [0.1, 0.15) is 12.3 Å². The van der Waals surface area contributed by atoms with E-state index in [1.807, 2.05) is 0 Å². The van der Waals surface area contributed by atoms with Crippen LogP contribution in [-0.4, -0.2) is 56.6 Å². The summed E-state index contributed by atoms with van der Waals surface area (Å²) in [5.74, 6) is 0. The molecule has 8 heteroatoms. The molecule has 2 atom stereocenters. The average Bonchev–Trinajstić information content (AvgIpc) is 2.55. The van der Waals surface area contributed by atoms with E-state index in [0.717, 1.165) is 6.26 Å². The summed E-state index contributed by atoms with van der Waals surface area (Å²) in [4.78, 5) is 13.1. The fraction of sp³-hybridized carbons (Fsp3) is 0.909. The Morgan fingerprint density at radius 1 is 1.42 bits per heavy atom. The Morgan fingerprint density at radius 3 is 2.42 bits per heavy atom. The lowest BCUT2D eigenvalue weighted by Gasteiger charge is -2.27. The van der Waals surface area contributed by atoms with Crippen molar-refractivity contribution in [3.63, 3.8) is 0 Å². The number of ether oxygens (including phenoxy) is 1. The number of amides is 1. The maximum atomic E-state index is 12.9. The highest BCUT2D eigenvalue weighted by molar-refractivity contribution is 7.86. The van der Waals surface area contributed by atoms with Crippen molar-refractivity contribution in [3.8, 4) is 0 Å². The zero-order valence-corrected chi connectivity index (χ0v) is 12.4. The van der Waals surface area contributed by atoms with E-state index in [1.54, 1.807) is 20.8 Å². The lowest BCUT2D eigenvalue weighted by molar-refractivity contribution is 0.0195. The van der Waals surface area contributed by atoms with Crippen molar-refractivity contribution in [3.05, 3.63) is 0 Å². The summed E-state index contributed by atoms with van der Waals surface area (Å²) in [5, 5.41) is 0. The molecule has 0 N–H and O–H groups in total. The molecule has 19 heavy (non-hydrogen) atoms. The van der Waals surface area contributed by atoms with Gasteiger partial charge in [0.05, 0.1) is 24.9 Å². The van der Waals surface area contributed by atoms with Crippen LogP contribution in [0.5, 0.6) is 0 Å². The van der Waals surface area contributed by atoms with Crippen LogP contribution in [0.2, 0.25) is 0 Å². The van der Waals surface area contributed by atoms with E-state index in [2.05, 4.69) is 0 Å². The average molecular weight is 297 g/mol. The van der Waals surface area contributed by atoms with Gasteiger partial charge < -0.3 is 4.74 Å². The molecule has 0 unspecified atom stereocenters. The molecule has 0 radical (unpaired) electrons. The molecule has 1 aliphatic rings. The summed E-state index contributed by atoms with van der Waals surface area (Å²) >= 11 is 0. The molecule has 0 aromatic heterocycles. The van der Waals surface area contributed by atoms with Crippen molar-refractivity contribution in [2.24, 2.45) is 0 Å². The normalized spacial score (nSPS) is 24.6. The first kappa shape index (κ1) is 16.2. The van der Waals surface area contributed by atoms with Crippen LogP contribution >= 0.6 is 0 Å². The summed E-state index contributed by atoms with van der Waals surface area (Å²) in [6.45, 7) is 4.36. The van der Waals surface area contributed by atoms with E-state index in [9.17, 15) is 17.6 Å². The fourth-order valence-electron chi connectivity index (χ4n) is 1.88. The van der Waals surface area contributed by atoms with Crippen LogP contribution < -0.4 is 0 Å². The highest BCUT2D eigenvalue weighted by Gasteiger charge is 2.39. The number of hydrogen-bond acceptors (Lipinski definition) is 5.